The molecule has 2 unspecified atom stereocenters. The normalized spacial score (nSPS) is 31.6. The predicted molar refractivity (Wildman–Crippen MR) is 142 cm³/mol. The molecule has 1 aliphatic heterocycles. The summed E-state index contributed by atoms with van der Waals surface area (Å²) in [6.45, 7) is 5.64. The van der Waals surface area contributed by atoms with Gasteiger partial charge in [-0.15, -0.1) is 0 Å². The number of allylic oxidation sites excluding steroid dienone is 4. The van der Waals surface area contributed by atoms with E-state index < -0.39 is 0 Å². The van der Waals surface area contributed by atoms with E-state index in [0.29, 0.717) is 37.1 Å². The van der Waals surface area contributed by atoms with Crippen molar-refractivity contribution in [2.45, 2.75) is 58.2 Å². The summed E-state index contributed by atoms with van der Waals surface area (Å²) in [6.07, 6.45) is 11.1. The second-order valence-corrected chi connectivity index (χ2v) is 11.3. The van der Waals surface area contributed by atoms with Crippen molar-refractivity contribution in [2.24, 2.45) is 17.3 Å². The largest absolute Gasteiger partial charge is 0.489 e. The van der Waals surface area contributed by atoms with Crippen molar-refractivity contribution >= 4 is 28.4 Å². The number of aromatic nitrogens is 1. The fourth-order valence-corrected chi connectivity index (χ4v) is 7.03. The van der Waals surface area contributed by atoms with Crippen LogP contribution in [-0.2, 0) is 23.9 Å². The number of nitrogens with zero attached hydrogens (tertiary/aromatic N) is 1. The predicted octanol–water partition coefficient (Wildman–Crippen LogP) is 4.54. The number of amides is 1. The number of carbonyl (C=O) groups is 3. The number of carbonyl (C=O) groups excluding carboxylic acids is 3. The Bertz CT molecular complexity index is 1440. The van der Waals surface area contributed by atoms with Crippen LogP contribution in [0, 0.1) is 17.3 Å². The second kappa shape index (κ2) is 9.22. The molecule has 1 fully saturated rings. The summed E-state index contributed by atoms with van der Waals surface area (Å²) < 4.78 is 12.6. The molecule has 1 amide bonds. The molecule has 0 spiro atoms. The van der Waals surface area contributed by atoms with E-state index in [-0.39, 0.29) is 53.0 Å². The number of esters is 1. The Morgan fingerprint density at radius 1 is 1.18 bits per heavy atom. The van der Waals surface area contributed by atoms with Gasteiger partial charge in [-0.3, -0.25) is 19.4 Å². The number of benzene rings is 1. The number of hydrogen-bond donors (Lipinski definition) is 1. The highest BCUT2D eigenvalue weighted by atomic mass is 16.5. The first-order valence-corrected chi connectivity index (χ1v) is 13.3. The number of ketones is 1. The molecular formula is C31H32N2O5. The minimum atomic E-state index is -0.324. The molecule has 1 aromatic heterocycles. The van der Waals surface area contributed by atoms with Gasteiger partial charge in [0, 0.05) is 68.3 Å². The molecule has 2 aromatic rings. The average Bonchev–Trinajstić information content (AvgIpc) is 3.17. The fraction of sp³-hybridized carbons (Fsp3) is 0.419. The summed E-state index contributed by atoms with van der Waals surface area (Å²) >= 11 is 0. The van der Waals surface area contributed by atoms with Crippen LogP contribution in [0.4, 0.5) is 0 Å². The van der Waals surface area contributed by atoms with Gasteiger partial charge in [0.1, 0.15) is 18.0 Å². The van der Waals surface area contributed by atoms with Crippen LogP contribution < -0.4 is 5.32 Å². The molecule has 7 nitrogen and oxygen atoms in total. The summed E-state index contributed by atoms with van der Waals surface area (Å²) in [4.78, 5) is 40.8. The molecule has 3 aliphatic carbocycles. The van der Waals surface area contributed by atoms with E-state index in [9.17, 15) is 14.4 Å². The van der Waals surface area contributed by atoms with Crippen molar-refractivity contribution in [1.82, 2.24) is 10.3 Å². The minimum absolute atomic E-state index is 0.0165. The van der Waals surface area contributed by atoms with Crippen molar-refractivity contribution in [3.05, 3.63) is 77.4 Å². The smallest absolute Gasteiger partial charge is 0.302 e. The van der Waals surface area contributed by atoms with Gasteiger partial charge < -0.3 is 14.8 Å². The van der Waals surface area contributed by atoms with Gasteiger partial charge in [0.05, 0.1) is 5.57 Å². The number of Topliss-reactive ketones (excluding diaryl/α,β-unsaturated/α-hetero) is 1. The van der Waals surface area contributed by atoms with E-state index in [1.165, 1.54) is 13.8 Å². The Labute approximate surface area is 222 Å². The van der Waals surface area contributed by atoms with Crippen molar-refractivity contribution in [3.8, 4) is 0 Å². The summed E-state index contributed by atoms with van der Waals surface area (Å²) in [7, 11) is 0. The Hall–Kier alpha value is -3.74. The van der Waals surface area contributed by atoms with Crippen LogP contribution in [0.3, 0.4) is 0 Å². The number of pyridine rings is 1. The maximum atomic E-state index is 13.0. The van der Waals surface area contributed by atoms with Crippen LogP contribution in [0.5, 0.6) is 0 Å². The summed E-state index contributed by atoms with van der Waals surface area (Å²) in [5.41, 5.74) is 2.44. The number of ether oxygens (including phenoxy) is 2. The van der Waals surface area contributed by atoms with Gasteiger partial charge in [-0.05, 0) is 41.0 Å². The van der Waals surface area contributed by atoms with Crippen LogP contribution in [-0.4, -0.2) is 41.4 Å². The van der Waals surface area contributed by atoms with E-state index in [0.717, 1.165) is 21.9 Å². The van der Waals surface area contributed by atoms with E-state index >= 15 is 0 Å². The molecule has 0 bridgehead atoms. The van der Waals surface area contributed by atoms with E-state index in [2.05, 4.69) is 47.6 Å². The maximum Gasteiger partial charge on any atom is 0.302 e. The van der Waals surface area contributed by atoms with Crippen LogP contribution in [0.1, 0.15) is 51.5 Å². The fourth-order valence-electron chi connectivity index (χ4n) is 7.03. The molecule has 196 valence electrons. The topological polar surface area (TPSA) is 94.6 Å². The van der Waals surface area contributed by atoms with Gasteiger partial charge in [0.15, 0.2) is 5.78 Å². The number of rotatable bonds is 4. The monoisotopic (exact) mass is 512 g/mol. The standard InChI is InChI=1S/C31H32N2O5/c1-17(34)33-15-19-10-26(36)24-13-22-6-8-31(3)25(30(22)38-27(24)11-19)14-28(37-18(2)35)29(31)21-4-5-23-16-32-9-7-20(23)12-21/h4-9,12-13,16,19,25,28-30H,10-11,14-15H2,1-3H3,(H,33,34)/t19?,25-,28?,29-,30+,31-/m0/s1. The van der Waals surface area contributed by atoms with Crippen LogP contribution >= 0.6 is 0 Å². The third-order valence-electron chi connectivity index (χ3n) is 8.77. The molecule has 1 saturated carbocycles. The highest BCUT2D eigenvalue weighted by molar-refractivity contribution is 6.00. The van der Waals surface area contributed by atoms with Crippen LogP contribution in [0.2, 0.25) is 0 Å². The molecule has 0 saturated heterocycles. The minimum Gasteiger partial charge on any atom is -0.489 e. The van der Waals surface area contributed by atoms with Crippen molar-refractivity contribution in [3.63, 3.8) is 0 Å². The first kappa shape index (κ1) is 24.6. The molecular weight excluding hydrogens is 480 g/mol. The van der Waals surface area contributed by atoms with Gasteiger partial charge >= 0.3 is 5.97 Å². The lowest BCUT2D eigenvalue weighted by molar-refractivity contribution is -0.147. The van der Waals surface area contributed by atoms with Gasteiger partial charge in [0.2, 0.25) is 5.91 Å². The van der Waals surface area contributed by atoms with E-state index in [4.69, 9.17) is 9.47 Å². The Balaban J connectivity index is 1.35. The van der Waals surface area contributed by atoms with Crippen LogP contribution in [0.15, 0.2) is 71.8 Å². The van der Waals surface area contributed by atoms with Gasteiger partial charge in [0.25, 0.3) is 0 Å². The maximum absolute atomic E-state index is 13.0. The molecule has 1 N–H and O–H groups in total. The van der Waals surface area contributed by atoms with E-state index in [1.54, 1.807) is 6.20 Å². The first-order valence-electron chi connectivity index (χ1n) is 13.3. The van der Waals surface area contributed by atoms with Crippen molar-refractivity contribution in [1.29, 1.82) is 0 Å². The molecule has 0 radical (unpaired) electrons. The lowest BCUT2D eigenvalue weighted by atomic mass is 9.64. The van der Waals surface area contributed by atoms with Gasteiger partial charge in [-0.2, -0.15) is 0 Å². The molecule has 7 heteroatoms. The zero-order valence-corrected chi connectivity index (χ0v) is 21.9. The third-order valence-corrected chi connectivity index (χ3v) is 8.77. The molecule has 6 atom stereocenters. The molecule has 4 aliphatic rings. The zero-order chi connectivity index (χ0) is 26.6. The number of nitrogens with one attached hydrogen (secondary N) is 1. The molecule has 38 heavy (non-hydrogen) atoms. The van der Waals surface area contributed by atoms with E-state index in [1.807, 2.05) is 18.3 Å². The van der Waals surface area contributed by atoms with Gasteiger partial charge in [-0.25, -0.2) is 0 Å². The first-order chi connectivity index (χ1) is 18.2. The Morgan fingerprint density at radius 3 is 2.82 bits per heavy atom. The highest BCUT2D eigenvalue weighted by Gasteiger charge is 2.58. The van der Waals surface area contributed by atoms with Gasteiger partial charge in [-0.1, -0.05) is 37.3 Å². The summed E-state index contributed by atoms with van der Waals surface area (Å²) in [5.74, 6) is 0.404. The molecule has 6 rings (SSSR count). The summed E-state index contributed by atoms with van der Waals surface area (Å²) in [6, 6.07) is 8.38. The zero-order valence-electron chi connectivity index (χ0n) is 21.9. The highest BCUT2D eigenvalue weighted by Crippen LogP contribution is 2.60. The van der Waals surface area contributed by atoms with Crippen molar-refractivity contribution < 1.29 is 23.9 Å². The number of fused-ring (bicyclic) bond motifs is 4. The number of hydrogen-bond acceptors (Lipinski definition) is 6. The molecule has 1 aromatic carbocycles. The lowest BCUT2D eigenvalue weighted by Gasteiger charge is -2.44. The summed E-state index contributed by atoms with van der Waals surface area (Å²) in [5, 5.41) is 5.01. The Kier molecular flexibility index (Phi) is 5.97. The second-order valence-electron chi connectivity index (χ2n) is 11.3. The third kappa shape index (κ3) is 4.14. The SMILES string of the molecule is CC(=O)NCC1CC(=O)C2=C(C1)O[C@@H]1C(=C2)C=C[C@]2(C)[C@@H](c3ccc4cnccc4c3)C(OC(C)=O)C[C@@H]12. The Morgan fingerprint density at radius 2 is 2.03 bits per heavy atom. The van der Waals surface area contributed by atoms with Crippen molar-refractivity contribution in [2.75, 3.05) is 6.54 Å². The van der Waals surface area contributed by atoms with Crippen LogP contribution in [0.25, 0.3) is 10.8 Å². The average molecular weight is 513 g/mol. The lowest BCUT2D eigenvalue weighted by Crippen LogP contribution is -2.42. The quantitative estimate of drug-likeness (QED) is 0.605. The molecule has 2 heterocycles.